The molecule has 3 nitrogen and oxygen atoms in total. The Labute approximate surface area is 116 Å². The lowest BCUT2D eigenvalue weighted by atomic mass is 9.79. The van der Waals surface area contributed by atoms with Crippen LogP contribution >= 0.6 is 0 Å². The summed E-state index contributed by atoms with van der Waals surface area (Å²) in [7, 11) is 5.41. The summed E-state index contributed by atoms with van der Waals surface area (Å²) in [6, 6.07) is 4.60. The lowest BCUT2D eigenvalue weighted by molar-refractivity contribution is 0.265. The second-order valence-electron chi connectivity index (χ2n) is 5.44. The van der Waals surface area contributed by atoms with E-state index < -0.39 is 0 Å². The van der Waals surface area contributed by atoms with Crippen LogP contribution in [0.4, 0.5) is 0 Å². The Morgan fingerprint density at radius 1 is 1.21 bits per heavy atom. The topological polar surface area (TPSA) is 30.5 Å². The van der Waals surface area contributed by atoms with E-state index in [1.165, 1.54) is 36.8 Å². The van der Waals surface area contributed by atoms with Gasteiger partial charge in [0.1, 0.15) is 0 Å². The smallest absolute Gasteiger partial charge is 0.161 e. The van der Waals surface area contributed by atoms with Gasteiger partial charge in [0.15, 0.2) is 11.5 Å². The first-order valence-electron chi connectivity index (χ1n) is 7.09. The van der Waals surface area contributed by atoms with E-state index in [1.54, 1.807) is 14.2 Å². The molecule has 1 aromatic carbocycles. The van der Waals surface area contributed by atoms with E-state index in [0.717, 1.165) is 17.4 Å². The van der Waals surface area contributed by atoms with Crippen LogP contribution in [-0.2, 0) is 0 Å². The van der Waals surface area contributed by atoms with Gasteiger partial charge in [-0.05, 0) is 49.6 Å². The molecule has 2 rings (SSSR count). The summed E-state index contributed by atoms with van der Waals surface area (Å²) in [4.78, 5) is 0. The van der Waals surface area contributed by atoms with Gasteiger partial charge in [0.25, 0.3) is 0 Å². The van der Waals surface area contributed by atoms with E-state index >= 15 is 0 Å². The fourth-order valence-corrected chi connectivity index (χ4v) is 2.83. The number of rotatable bonds is 6. The zero-order valence-electron chi connectivity index (χ0n) is 12.5. The van der Waals surface area contributed by atoms with Crippen molar-refractivity contribution < 1.29 is 9.47 Å². The van der Waals surface area contributed by atoms with Crippen molar-refractivity contribution >= 4 is 0 Å². The van der Waals surface area contributed by atoms with Crippen molar-refractivity contribution in [3.8, 4) is 11.5 Å². The Morgan fingerprint density at radius 2 is 1.84 bits per heavy atom. The summed E-state index contributed by atoms with van der Waals surface area (Å²) in [5, 5.41) is 3.45. The number of hydrogen-bond acceptors (Lipinski definition) is 3. The van der Waals surface area contributed by atoms with E-state index in [4.69, 9.17) is 9.47 Å². The van der Waals surface area contributed by atoms with Gasteiger partial charge in [-0.25, -0.2) is 0 Å². The SMILES string of the molecule is CNC(CC1CCC1)c1cc(OC)c(OC)cc1C. The third-order valence-corrected chi connectivity index (χ3v) is 4.29. The number of hydrogen-bond donors (Lipinski definition) is 1. The molecule has 1 atom stereocenters. The molecule has 3 heteroatoms. The maximum atomic E-state index is 5.42. The Hall–Kier alpha value is -1.22. The molecule has 1 aliphatic carbocycles. The molecule has 106 valence electrons. The van der Waals surface area contributed by atoms with Gasteiger partial charge in [-0.2, -0.15) is 0 Å². The molecule has 0 amide bonds. The molecule has 1 N–H and O–H groups in total. The molecule has 1 saturated carbocycles. The number of ether oxygens (including phenoxy) is 2. The van der Waals surface area contributed by atoms with Crippen LogP contribution < -0.4 is 14.8 Å². The van der Waals surface area contributed by atoms with Gasteiger partial charge in [0.05, 0.1) is 14.2 Å². The molecule has 19 heavy (non-hydrogen) atoms. The molecule has 0 radical (unpaired) electrons. The fraction of sp³-hybridized carbons (Fsp3) is 0.625. The molecule has 0 aromatic heterocycles. The molecule has 1 aliphatic rings. The lowest BCUT2D eigenvalue weighted by Crippen LogP contribution is -2.23. The summed E-state index contributed by atoms with van der Waals surface area (Å²) >= 11 is 0. The predicted molar refractivity (Wildman–Crippen MR) is 78.0 cm³/mol. The Kier molecular flexibility index (Phi) is 4.70. The van der Waals surface area contributed by atoms with Crippen LogP contribution in [0.2, 0.25) is 0 Å². The van der Waals surface area contributed by atoms with Crippen LogP contribution in [0.25, 0.3) is 0 Å². The average Bonchev–Trinajstić information content (AvgIpc) is 2.38. The van der Waals surface area contributed by atoms with Crippen LogP contribution in [0.1, 0.15) is 42.9 Å². The van der Waals surface area contributed by atoms with Crippen LogP contribution in [0, 0.1) is 12.8 Å². The summed E-state index contributed by atoms with van der Waals surface area (Å²) in [6.45, 7) is 2.14. The molecule has 0 bridgehead atoms. The standard InChI is InChI=1S/C16H25NO2/c1-11-8-15(18-3)16(19-4)10-13(11)14(17-2)9-12-6-5-7-12/h8,10,12,14,17H,5-7,9H2,1-4H3. The zero-order chi connectivity index (χ0) is 13.8. The Bertz CT molecular complexity index is 427. The second-order valence-corrected chi connectivity index (χ2v) is 5.44. The normalized spacial score (nSPS) is 16.8. The van der Waals surface area contributed by atoms with Crippen molar-refractivity contribution in [2.24, 2.45) is 5.92 Å². The maximum absolute atomic E-state index is 5.42. The maximum Gasteiger partial charge on any atom is 0.161 e. The molecule has 0 aliphatic heterocycles. The van der Waals surface area contributed by atoms with E-state index in [0.29, 0.717) is 6.04 Å². The van der Waals surface area contributed by atoms with Crippen molar-refractivity contribution in [3.05, 3.63) is 23.3 Å². The van der Waals surface area contributed by atoms with Crippen molar-refractivity contribution in [1.29, 1.82) is 0 Å². The molecule has 1 unspecified atom stereocenters. The summed E-state index contributed by atoms with van der Waals surface area (Å²) in [5.74, 6) is 2.50. The highest BCUT2D eigenvalue weighted by Gasteiger charge is 2.24. The van der Waals surface area contributed by atoms with Gasteiger partial charge in [-0.3, -0.25) is 0 Å². The van der Waals surface area contributed by atoms with Gasteiger partial charge < -0.3 is 14.8 Å². The summed E-state index contributed by atoms with van der Waals surface area (Å²) < 4.78 is 10.8. The van der Waals surface area contributed by atoms with Crippen molar-refractivity contribution in [2.75, 3.05) is 21.3 Å². The van der Waals surface area contributed by atoms with Crippen LogP contribution in [0.15, 0.2) is 12.1 Å². The van der Waals surface area contributed by atoms with Crippen molar-refractivity contribution in [2.45, 2.75) is 38.6 Å². The summed E-state index contributed by atoms with van der Waals surface area (Å²) in [5.41, 5.74) is 2.59. The average molecular weight is 263 g/mol. The third-order valence-electron chi connectivity index (χ3n) is 4.29. The third kappa shape index (κ3) is 3.03. The summed E-state index contributed by atoms with van der Waals surface area (Å²) in [6.07, 6.45) is 5.37. The molecule has 0 saturated heterocycles. The van der Waals surface area contributed by atoms with Gasteiger partial charge in [-0.15, -0.1) is 0 Å². The van der Waals surface area contributed by atoms with Crippen molar-refractivity contribution in [1.82, 2.24) is 5.32 Å². The highest BCUT2D eigenvalue weighted by Crippen LogP contribution is 2.38. The first kappa shape index (κ1) is 14.2. The Morgan fingerprint density at radius 3 is 2.32 bits per heavy atom. The minimum absolute atomic E-state index is 0.408. The second kappa shape index (κ2) is 6.29. The highest BCUT2D eigenvalue weighted by atomic mass is 16.5. The monoisotopic (exact) mass is 263 g/mol. The number of benzene rings is 1. The molecule has 1 fully saturated rings. The number of methoxy groups -OCH3 is 2. The molecular weight excluding hydrogens is 238 g/mol. The van der Waals surface area contributed by atoms with Crippen molar-refractivity contribution in [3.63, 3.8) is 0 Å². The van der Waals surface area contributed by atoms with Crippen LogP contribution in [-0.4, -0.2) is 21.3 Å². The number of aryl methyl sites for hydroxylation is 1. The quantitative estimate of drug-likeness (QED) is 0.852. The van der Waals surface area contributed by atoms with Gasteiger partial charge in [0, 0.05) is 6.04 Å². The zero-order valence-corrected chi connectivity index (χ0v) is 12.5. The van der Waals surface area contributed by atoms with E-state index in [2.05, 4.69) is 24.4 Å². The van der Waals surface area contributed by atoms with E-state index in [-0.39, 0.29) is 0 Å². The minimum atomic E-state index is 0.408. The van der Waals surface area contributed by atoms with E-state index in [9.17, 15) is 0 Å². The molecule has 1 aromatic rings. The van der Waals surface area contributed by atoms with Gasteiger partial charge in [0.2, 0.25) is 0 Å². The largest absolute Gasteiger partial charge is 0.493 e. The Balaban J connectivity index is 2.25. The molecule has 0 spiro atoms. The van der Waals surface area contributed by atoms with E-state index in [1.807, 2.05) is 7.05 Å². The first-order valence-corrected chi connectivity index (χ1v) is 7.09. The highest BCUT2D eigenvalue weighted by molar-refractivity contribution is 5.48. The van der Waals surface area contributed by atoms with Gasteiger partial charge >= 0.3 is 0 Å². The molecular formula is C16H25NO2. The van der Waals surface area contributed by atoms with Crippen LogP contribution in [0.3, 0.4) is 0 Å². The molecule has 0 heterocycles. The lowest BCUT2D eigenvalue weighted by Gasteiger charge is -2.30. The first-order chi connectivity index (χ1) is 9.19. The minimum Gasteiger partial charge on any atom is -0.493 e. The fourth-order valence-electron chi connectivity index (χ4n) is 2.83. The van der Waals surface area contributed by atoms with Crippen LogP contribution in [0.5, 0.6) is 11.5 Å². The number of nitrogens with one attached hydrogen (secondary N) is 1. The van der Waals surface area contributed by atoms with Gasteiger partial charge in [-0.1, -0.05) is 19.3 Å². The predicted octanol–water partition coefficient (Wildman–Crippen LogP) is 3.46.